The molecule has 1 fully saturated rings. The highest BCUT2D eigenvalue weighted by Crippen LogP contribution is 2.29. The van der Waals surface area contributed by atoms with E-state index in [-0.39, 0.29) is 41.2 Å². The van der Waals surface area contributed by atoms with Gasteiger partial charge >= 0.3 is 0 Å². The number of carbonyl (C=O) groups excluding carboxylic acids is 2. The van der Waals surface area contributed by atoms with E-state index in [0.29, 0.717) is 12.0 Å². The molecule has 0 radical (unpaired) electrons. The zero-order valence-electron chi connectivity index (χ0n) is 18.8. The van der Waals surface area contributed by atoms with Crippen molar-refractivity contribution in [1.29, 1.82) is 0 Å². The number of amidine groups is 1. The van der Waals surface area contributed by atoms with E-state index in [2.05, 4.69) is 15.3 Å². The quantitative estimate of drug-likeness (QED) is 0.255. The van der Waals surface area contributed by atoms with E-state index in [1.807, 2.05) is 0 Å². The first-order chi connectivity index (χ1) is 16.7. The number of ether oxygens (including phenoxy) is 1. The van der Waals surface area contributed by atoms with Gasteiger partial charge in [0, 0.05) is 23.7 Å². The van der Waals surface area contributed by atoms with Crippen molar-refractivity contribution in [2.75, 3.05) is 20.3 Å². The molecule has 1 heterocycles. The number of rotatable bonds is 10. The highest BCUT2D eigenvalue weighted by atomic mass is 35.5. The van der Waals surface area contributed by atoms with Gasteiger partial charge in [-0.2, -0.15) is 0 Å². The molecule has 2 atom stereocenters. The summed E-state index contributed by atoms with van der Waals surface area (Å²) in [4.78, 5) is 31.3. The van der Waals surface area contributed by atoms with Crippen molar-refractivity contribution in [3.63, 3.8) is 0 Å². The lowest BCUT2D eigenvalue weighted by atomic mass is 9.98. The third-order valence-electron chi connectivity index (χ3n) is 5.33. The van der Waals surface area contributed by atoms with E-state index in [1.165, 1.54) is 30.2 Å². The van der Waals surface area contributed by atoms with Gasteiger partial charge in [0.15, 0.2) is 11.9 Å². The minimum atomic E-state index is -2.69. The predicted molar refractivity (Wildman–Crippen MR) is 124 cm³/mol. The van der Waals surface area contributed by atoms with Crippen molar-refractivity contribution in [2.45, 2.75) is 31.5 Å². The third-order valence-corrected chi connectivity index (χ3v) is 5.55. The number of aliphatic hydroxyl groups is 1. The van der Waals surface area contributed by atoms with E-state index in [4.69, 9.17) is 22.1 Å². The van der Waals surface area contributed by atoms with E-state index >= 15 is 0 Å². The Hall–Kier alpha value is -3.44. The maximum Gasteiger partial charge on any atom is 0.272 e. The molecule has 0 spiro atoms. The lowest BCUT2D eigenvalue weighted by molar-refractivity contribution is -0.154. The number of hydrogen-bond donors (Lipinski definition) is 3. The maximum absolute atomic E-state index is 12.8. The van der Waals surface area contributed by atoms with Crippen LogP contribution in [0, 0.1) is 0 Å². The first-order valence-corrected chi connectivity index (χ1v) is 11.0. The number of oxime groups is 1. The lowest BCUT2D eigenvalue weighted by Gasteiger charge is -2.40. The smallest absolute Gasteiger partial charge is 0.272 e. The molecular formula is C23H25ClF2N4O5. The fourth-order valence-electron chi connectivity index (χ4n) is 3.46. The van der Waals surface area contributed by atoms with Gasteiger partial charge in [-0.05, 0) is 35.7 Å². The van der Waals surface area contributed by atoms with Crippen LogP contribution >= 0.6 is 11.6 Å². The van der Waals surface area contributed by atoms with Crippen molar-refractivity contribution >= 4 is 29.3 Å². The summed E-state index contributed by atoms with van der Waals surface area (Å²) in [5.74, 6) is -0.847. The van der Waals surface area contributed by atoms with Gasteiger partial charge in [-0.25, -0.2) is 8.78 Å². The first-order valence-electron chi connectivity index (χ1n) is 10.6. The number of alkyl halides is 2. The average molecular weight is 511 g/mol. The fraction of sp³-hybridized carbons (Fsp3) is 0.348. The van der Waals surface area contributed by atoms with Crippen molar-refractivity contribution < 1.29 is 33.1 Å². The average Bonchev–Trinajstić information content (AvgIpc) is 2.80. The minimum Gasteiger partial charge on any atom is -0.488 e. The number of nitrogens with one attached hydrogen (secondary N) is 1. The highest BCUT2D eigenvalue weighted by Gasteiger charge is 2.40. The van der Waals surface area contributed by atoms with Crippen LogP contribution in [0.3, 0.4) is 0 Å². The molecule has 3 rings (SSSR count). The van der Waals surface area contributed by atoms with Crippen molar-refractivity contribution in [3.8, 4) is 5.75 Å². The Bertz CT molecular complexity index is 1080. The SMILES string of the molecule is CO/N=C(\N)c1ccc(CNC(=O)[C@@H]2CCN2C(=O)[C@H](O)c2cc(Cl)cc(OCC(F)F)c2)cc1. The van der Waals surface area contributed by atoms with Gasteiger partial charge < -0.3 is 30.6 Å². The van der Waals surface area contributed by atoms with Crippen LogP contribution in [-0.4, -0.2) is 60.4 Å². The van der Waals surface area contributed by atoms with Gasteiger partial charge in [-0.3, -0.25) is 9.59 Å². The second-order valence-corrected chi connectivity index (χ2v) is 8.17. The van der Waals surface area contributed by atoms with Crippen LogP contribution in [0.15, 0.2) is 47.6 Å². The molecule has 2 aromatic carbocycles. The van der Waals surface area contributed by atoms with Gasteiger partial charge in [-0.1, -0.05) is 41.0 Å². The molecular weight excluding hydrogens is 486 g/mol. The Morgan fingerprint density at radius 3 is 2.60 bits per heavy atom. The van der Waals surface area contributed by atoms with Crippen molar-refractivity contribution in [2.24, 2.45) is 10.9 Å². The Morgan fingerprint density at radius 1 is 1.29 bits per heavy atom. The van der Waals surface area contributed by atoms with Gasteiger partial charge in [0.2, 0.25) is 5.91 Å². The van der Waals surface area contributed by atoms with E-state index in [1.54, 1.807) is 24.3 Å². The molecule has 4 N–H and O–H groups in total. The summed E-state index contributed by atoms with van der Waals surface area (Å²) in [5, 5.41) is 17.1. The van der Waals surface area contributed by atoms with Crippen LogP contribution in [0.25, 0.3) is 0 Å². The van der Waals surface area contributed by atoms with Crippen molar-refractivity contribution in [3.05, 3.63) is 64.2 Å². The molecule has 1 aliphatic heterocycles. The van der Waals surface area contributed by atoms with E-state index in [9.17, 15) is 23.5 Å². The molecule has 1 saturated heterocycles. The first kappa shape index (κ1) is 26.2. The summed E-state index contributed by atoms with van der Waals surface area (Å²) in [6.07, 6.45) is -3.89. The van der Waals surface area contributed by atoms with Gasteiger partial charge in [0.25, 0.3) is 12.3 Å². The largest absolute Gasteiger partial charge is 0.488 e. The Labute approximate surface area is 205 Å². The number of halogens is 3. The van der Waals surface area contributed by atoms with Crippen LogP contribution in [0.2, 0.25) is 5.02 Å². The summed E-state index contributed by atoms with van der Waals surface area (Å²) in [6.45, 7) is -0.341. The van der Waals surface area contributed by atoms with Crippen LogP contribution in [0.1, 0.15) is 29.2 Å². The number of carbonyl (C=O) groups is 2. The molecule has 9 nitrogen and oxygen atoms in total. The zero-order valence-corrected chi connectivity index (χ0v) is 19.5. The molecule has 0 saturated carbocycles. The molecule has 0 aliphatic carbocycles. The molecule has 2 amide bonds. The number of benzene rings is 2. The summed E-state index contributed by atoms with van der Waals surface area (Å²) in [5.41, 5.74) is 7.30. The number of nitrogens with zero attached hydrogens (tertiary/aromatic N) is 2. The van der Waals surface area contributed by atoms with Crippen molar-refractivity contribution in [1.82, 2.24) is 10.2 Å². The standard InChI is InChI=1S/C23H25ClF2N4O5/c1-34-29-21(27)14-4-2-13(3-5-14)11-28-22(32)18-6-7-30(18)23(33)20(31)15-8-16(24)10-17(9-15)35-12-19(25)26/h2-5,8-10,18-20,31H,6-7,11-12H2,1H3,(H2,27,29)(H,28,32)/t18-,20+/m0/s1. The molecule has 0 unspecified atom stereocenters. The van der Waals surface area contributed by atoms with Crippen LogP contribution < -0.4 is 15.8 Å². The summed E-state index contributed by atoms with van der Waals surface area (Å²) < 4.78 is 29.8. The molecule has 188 valence electrons. The topological polar surface area (TPSA) is 126 Å². The number of hydrogen-bond acceptors (Lipinski definition) is 6. The summed E-state index contributed by atoms with van der Waals surface area (Å²) >= 11 is 5.98. The lowest BCUT2D eigenvalue weighted by Crippen LogP contribution is -2.59. The van der Waals surface area contributed by atoms with Gasteiger partial charge in [-0.15, -0.1) is 0 Å². The van der Waals surface area contributed by atoms with Crippen LogP contribution in [0.5, 0.6) is 5.75 Å². The predicted octanol–water partition coefficient (Wildman–Crippen LogP) is 2.20. The number of aliphatic hydroxyl groups excluding tert-OH is 1. The fourth-order valence-corrected chi connectivity index (χ4v) is 3.69. The molecule has 35 heavy (non-hydrogen) atoms. The second-order valence-electron chi connectivity index (χ2n) is 7.73. The number of amides is 2. The van der Waals surface area contributed by atoms with Crippen LogP contribution in [0.4, 0.5) is 8.78 Å². The van der Waals surface area contributed by atoms with E-state index in [0.717, 1.165) is 5.56 Å². The maximum atomic E-state index is 12.8. The Kier molecular flexibility index (Phi) is 8.83. The monoisotopic (exact) mass is 510 g/mol. The number of likely N-dealkylation sites (tertiary alicyclic amines) is 1. The summed E-state index contributed by atoms with van der Waals surface area (Å²) in [7, 11) is 1.39. The molecule has 2 aromatic rings. The molecule has 0 aromatic heterocycles. The normalized spacial score (nSPS) is 16.5. The summed E-state index contributed by atoms with van der Waals surface area (Å²) in [6, 6.07) is 10.2. The zero-order chi connectivity index (χ0) is 25.5. The van der Waals surface area contributed by atoms with Gasteiger partial charge in [0.05, 0.1) is 0 Å². The third kappa shape index (κ3) is 6.80. The highest BCUT2D eigenvalue weighted by molar-refractivity contribution is 6.30. The van der Waals surface area contributed by atoms with Gasteiger partial charge in [0.1, 0.15) is 25.5 Å². The Balaban J connectivity index is 1.58. The minimum absolute atomic E-state index is 0.00109. The Morgan fingerprint density at radius 2 is 2.00 bits per heavy atom. The molecule has 0 bridgehead atoms. The number of nitrogens with two attached hydrogens (primary N) is 1. The van der Waals surface area contributed by atoms with Crippen LogP contribution in [-0.2, 0) is 21.0 Å². The molecule has 1 aliphatic rings. The second kappa shape index (κ2) is 11.8. The van der Waals surface area contributed by atoms with E-state index < -0.39 is 31.1 Å². The molecule has 12 heteroatoms.